The van der Waals surface area contributed by atoms with Gasteiger partial charge >= 0.3 is 0 Å². The third-order valence-electron chi connectivity index (χ3n) is 2.80. The van der Waals surface area contributed by atoms with Crippen molar-refractivity contribution >= 4 is 21.5 Å². The Morgan fingerprint density at radius 3 is 2.37 bits per heavy atom. The Hall–Kier alpha value is -1.31. The number of hydrogen-bond donors (Lipinski definition) is 2. The summed E-state index contributed by atoms with van der Waals surface area (Å²) in [6.07, 6.45) is 0. The maximum atomic E-state index is 11.4. The van der Waals surface area contributed by atoms with Crippen molar-refractivity contribution in [2.24, 2.45) is 0 Å². The van der Waals surface area contributed by atoms with Crippen LogP contribution in [0.2, 0.25) is 0 Å². The van der Waals surface area contributed by atoms with E-state index in [1.807, 2.05) is 30.8 Å². The first kappa shape index (κ1) is 15.7. The fourth-order valence-corrected chi connectivity index (χ4v) is 2.51. The zero-order valence-electron chi connectivity index (χ0n) is 11.5. The standard InChI is InChI=1S/C12H21N3O3S/c1-4-15(8-7-14(2)3)11-6-5-10(13)9-12(11)19(16,17)18/h5-6,9H,4,7-8,13H2,1-3H3,(H,16,17,18). The van der Waals surface area contributed by atoms with Gasteiger partial charge in [-0.1, -0.05) is 0 Å². The van der Waals surface area contributed by atoms with E-state index in [9.17, 15) is 13.0 Å². The van der Waals surface area contributed by atoms with E-state index in [2.05, 4.69) is 0 Å². The van der Waals surface area contributed by atoms with Crippen molar-refractivity contribution in [1.82, 2.24) is 4.90 Å². The molecule has 19 heavy (non-hydrogen) atoms. The summed E-state index contributed by atoms with van der Waals surface area (Å²) in [5, 5.41) is 0. The number of nitrogens with zero attached hydrogens (tertiary/aromatic N) is 2. The molecule has 0 saturated carbocycles. The van der Waals surface area contributed by atoms with Crippen LogP contribution in [0.15, 0.2) is 23.1 Å². The average molecular weight is 287 g/mol. The van der Waals surface area contributed by atoms with Crippen molar-refractivity contribution in [1.29, 1.82) is 0 Å². The summed E-state index contributed by atoms with van der Waals surface area (Å²) < 4.78 is 32.2. The lowest BCUT2D eigenvalue weighted by Crippen LogP contribution is -2.32. The second-order valence-electron chi connectivity index (χ2n) is 4.59. The van der Waals surface area contributed by atoms with Gasteiger partial charge in [0, 0.05) is 25.3 Å². The second kappa shape index (κ2) is 6.23. The van der Waals surface area contributed by atoms with Crippen molar-refractivity contribution in [3.8, 4) is 0 Å². The molecule has 0 heterocycles. The van der Waals surface area contributed by atoms with E-state index in [4.69, 9.17) is 5.73 Å². The van der Waals surface area contributed by atoms with Crippen LogP contribution in [0.4, 0.5) is 11.4 Å². The molecule has 0 bridgehead atoms. The van der Waals surface area contributed by atoms with Crippen LogP contribution in [-0.4, -0.2) is 51.6 Å². The molecular weight excluding hydrogens is 266 g/mol. The third kappa shape index (κ3) is 4.38. The van der Waals surface area contributed by atoms with Gasteiger partial charge in [0.05, 0.1) is 5.69 Å². The Labute approximate surface area is 114 Å². The third-order valence-corrected chi connectivity index (χ3v) is 3.68. The quantitative estimate of drug-likeness (QED) is 0.597. The van der Waals surface area contributed by atoms with Gasteiger partial charge in [0.15, 0.2) is 0 Å². The normalized spacial score (nSPS) is 11.8. The summed E-state index contributed by atoms with van der Waals surface area (Å²) in [7, 11) is -0.395. The van der Waals surface area contributed by atoms with Gasteiger partial charge < -0.3 is 15.5 Å². The summed E-state index contributed by atoms with van der Waals surface area (Å²) in [5.74, 6) is 0. The monoisotopic (exact) mass is 287 g/mol. The zero-order valence-corrected chi connectivity index (χ0v) is 12.3. The lowest BCUT2D eigenvalue weighted by atomic mass is 10.2. The molecule has 6 nitrogen and oxygen atoms in total. The van der Waals surface area contributed by atoms with Crippen LogP contribution in [-0.2, 0) is 10.1 Å². The minimum Gasteiger partial charge on any atom is -0.399 e. The molecule has 0 aliphatic carbocycles. The highest BCUT2D eigenvalue weighted by Gasteiger charge is 2.19. The SMILES string of the molecule is CCN(CCN(C)C)c1ccc(N)cc1S(=O)(=O)O. The predicted molar refractivity (Wildman–Crippen MR) is 77.1 cm³/mol. The van der Waals surface area contributed by atoms with Crippen LogP contribution in [0.25, 0.3) is 0 Å². The second-order valence-corrected chi connectivity index (χ2v) is 5.98. The summed E-state index contributed by atoms with van der Waals surface area (Å²) in [4.78, 5) is 3.75. The first-order chi connectivity index (χ1) is 8.75. The Kier molecular flexibility index (Phi) is 5.16. The Balaban J connectivity index is 3.16. The number of likely N-dealkylation sites (N-methyl/N-ethyl adjacent to an activating group) is 2. The minimum absolute atomic E-state index is 0.145. The smallest absolute Gasteiger partial charge is 0.296 e. The van der Waals surface area contributed by atoms with E-state index >= 15 is 0 Å². The van der Waals surface area contributed by atoms with Crippen molar-refractivity contribution in [2.45, 2.75) is 11.8 Å². The van der Waals surface area contributed by atoms with Gasteiger partial charge in [0.2, 0.25) is 0 Å². The molecule has 0 fully saturated rings. The molecule has 0 amide bonds. The lowest BCUT2D eigenvalue weighted by molar-refractivity contribution is 0.413. The van der Waals surface area contributed by atoms with E-state index < -0.39 is 10.1 Å². The Morgan fingerprint density at radius 1 is 1.26 bits per heavy atom. The molecule has 7 heteroatoms. The Bertz CT molecular complexity index is 529. The van der Waals surface area contributed by atoms with Gasteiger partial charge in [-0.15, -0.1) is 0 Å². The zero-order chi connectivity index (χ0) is 14.6. The molecule has 0 spiro atoms. The van der Waals surface area contributed by atoms with E-state index in [0.29, 0.717) is 24.5 Å². The van der Waals surface area contributed by atoms with Crippen LogP contribution in [0, 0.1) is 0 Å². The van der Waals surface area contributed by atoms with Gasteiger partial charge in [-0.3, -0.25) is 4.55 Å². The number of hydrogen-bond acceptors (Lipinski definition) is 5. The van der Waals surface area contributed by atoms with Gasteiger partial charge in [0.1, 0.15) is 4.90 Å². The van der Waals surface area contributed by atoms with Crippen LogP contribution in [0.1, 0.15) is 6.92 Å². The molecule has 0 radical (unpaired) electrons. The molecule has 0 saturated heterocycles. The fraction of sp³-hybridized carbons (Fsp3) is 0.500. The maximum absolute atomic E-state index is 11.4. The summed E-state index contributed by atoms with van der Waals surface area (Å²) >= 11 is 0. The fourth-order valence-electron chi connectivity index (χ4n) is 1.77. The van der Waals surface area contributed by atoms with Crippen molar-refractivity contribution in [3.63, 3.8) is 0 Å². The molecule has 1 rings (SSSR count). The molecule has 1 aromatic carbocycles. The van der Waals surface area contributed by atoms with Gasteiger partial charge in [-0.2, -0.15) is 8.42 Å². The van der Waals surface area contributed by atoms with Crippen LogP contribution < -0.4 is 10.6 Å². The molecule has 0 unspecified atom stereocenters. The molecule has 0 aliphatic rings. The highest BCUT2D eigenvalue weighted by molar-refractivity contribution is 7.86. The molecule has 0 aliphatic heterocycles. The summed E-state index contributed by atoms with van der Waals surface area (Å²) in [6, 6.07) is 4.53. The molecule has 0 aromatic heterocycles. The number of nitrogens with two attached hydrogens (primary N) is 1. The minimum atomic E-state index is -4.28. The molecule has 0 atom stereocenters. The van der Waals surface area contributed by atoms with E-state index in [1.54, 1.807) is 12.1 Å². The molecular formula is C12H21N3O3S. The van der Waals surface area contributed by atoms with E-state index in [-0.39, 0.29) is 4.90 Å². The number of anilines is 2. The summed E-state index contributed by atoms with van der Waals surface area (Å²) in [6.45, 7) is 4.01. The van der Waals surface area contributed by atoms with Crippen molar-refractivity contribution in [2.75, 3.05) is 44.4 Å². The van der Waals surface area contributed by atoms with E-state index in [1.165, 1.54) is 6.07 Å². The molecule has 108 valence electrons. The number of rotatable bonds is 6. The summed E-state index contributed by atoms with van der Waals surface area (Å²) in [5.41, 5.74) is 6.36. The van der Waals surface area contributed by atoms with Crippen molar-refractivity contribution in [3.05, 3.63) is 18.2 Å². The first-order valence-corrected chi connectivity index (χ1v) is 7.46. The number of nitrogen functional groups attached to an aromatic ring is 1. The van der Waals surface area contributed by atoms with Crippen LogP contribution >= 0.6 is 0 Å². The van der Waals surface area contributed by atoms with E-state index in [0.717, 1.165) is 6.54 Å². The van der Waals surface area contributed by atoms with Crippen molar-refractivity contribution < 1.29 is 13.0 Å². The largest absolute Gasteiger partial charge is 0.399 e. The Morgan fingerprint density at radius 2 is 1.89 bits per heavy atom. The first-order valence-electron chi connectivity index (χ1n) is 6.02. The number of benzene rings is 1. The molecule has 3 N–H and O–H groups in total. The maximum Gasteiger partial charge on any atom is 0.296 e. The van der Waals surface area contributed by atoms with Gasteiger partial charge in [0.25, 0.3) is 10.1 Å². The highest BCUT2D eigenvalue weighted by Crippen LogP contribution is 2.27. The van der Waals surface area contributed by atoms with Gasteiger partial charge in [-0.25, -0.2) is 0 Å². The lowest BCUT2D eigenvalue weighted by Gasteiger charge is -2.26. The van der Waals surface area contributed by atoms with Crippen LogP contribution in [0.3, 0.4) is 0 Å². The topological polar surface area (TPSA) is 86.9 Å². The average Bonchev–Trinajstić information content (AvgIpc) is 2.29. The predicted octanol–water partition coefficient (Wildman–Crippen LogP) is 0.903. The molecule has 1 aromatic rings. The van der Waals surface area contributed by atoms with Crippen LogP contribution in [0.5, 0.6) is 0 Å². The van der Waals surface area contributed by atoms with Gasteiger partial charge in [-0.05, 0) is 39.2 Å². The highest BCUT2D eigenvalue weighted by atomic mass is 32.2.